The standard InChI is InChI=1S/C24H22N4O4/c1-27-13-11-25-20(27)19-24(17-8-3-4-9-18(17)26-23(24)31)10-12-28(19)21(29)15-6-5-7-16(14-15)22(30)32-2/h3-9,11,13-14,19H,10,12H2,1-2H3,(H,26,31)/t19-,24+/m0/s1. The highest BCUT2D eigenvalue weighted by Gasteiger charge is 2.60. The molecule has 2 atom stereocenters. The number of likely N-dealkylation sites (tertiary alicyclic amines) is 1. The van der Waals surface area contributed by atoms with Crippen molar-refractivity contribution in [1.29, 1.82) is 0 Å². The van der Waals surface area contributed by atoms with Crippen molar-refractivity contribution in [2.24, 2.45) is 7.05 Å². The van der Waals surface area contributed by atoms with Crippen LogP contribution in [0.25, 0.3) is 0 Å². The molecule has 32 heavy (non-hydrogen) atoms. The Morgan fingerprint density at radius 3 is 2.69 bits per heavy atom. The van der Waals surface area contributed by atoms with Crippen molar-refractivity contribution in [1.82, 2.24) is 14.5 Å². The number of ether oxygens (including phenoxy) is 1. The minimum atomic E-state index is -0.939. The third kappa shape index (κ3) is 2.76. The highest BCUT2D eigenvalue weighted by molar-refractivity contribution is 6.08. The Hall–Kier alpha value is -3.94. The Labute approximate surface area is 184 Å². The Morgan fingerprint density at radius 2 is 1.94 bits per heavy atom. The second-order valence-electron chi connectivity index (χ2n) is 8.09. The molecule has 2 aliphatic rings. The van der Waals surface area contributed by atoms with Crippen LogP contribution < -0.4 is 5.32 Å². The number of aryl methyl sites for hydroxylation is 1. The number of para-hydroxylation sites is 1. The van der Waals surface area contributed by atoms with E-state index in [0.29, 0.717) is 29.9 Å². The normalized spacial score (nSPS) is 21.5. The third-order valence-corrected chi connectivity index (χ3v) is 6.48. The van der Waals surface area contributed by atoms with Crippen LogP contribution in [0.15, 0.2) is 60.9 Å². The van der Waals surface area contributed by atoms with E-state index in [1.165, 1.54) is 13.2 Å². The average molecular weight is 430 g/mol. The van der Waals surface area contributed by atoms with Gasteiger partial charge in [0.15, 0.2) is 0 Å². The molecule has 0 bridgehead atoms. The highest BCUT2D eigenvalue weighted by Crippen LogP contribution is 2.54. The molecule has 3 heterocycles. The average Bonchev–Trinajstić information content (AvgIpc) is 3.49. The van der Waals surface area contributed by atoms with E-state index in [2.05, 4.69) is 10.3 Å². The Morgan fingerprint density at radius 1 is 1.16 bits per heavy atom. The molecule has 2 aliphatic heterocycles. The summed E-state index contributed by atoms with van der Waals surface area (Å²) < 4.78 is 6.64. The van der Waals surface area contributed by atoms with Gasteiger partial charge in [-0.05, 0) is 36.2 Å². The van der Waals surface area contributed by atoms with Crippen molar-refractivity contribution in [3.8, 4) is 0 Å². The number of anilines is 1. The van der Waals surface area contributed by atoms with Gasteiger partial charge in [0.2, 0.25) is 5.91 Å². The zero-order valence-corrected chi connectivity index (χ0v) is 17.7. The van der Waals surface area contributed by atoms with Crippen molar-refractivity contribution < 1.29 is 19.1 Å². The Balaban J connectivity index is 1.63. The number of rotatable bonds is 3. The lowest BCUT2D eigenvalue weighted by Crippen LogP contribution is -2.43. The van der Waals surface area contributed by atoms with E-state index in [0.717, 1.165) is 11.3 Å². The first-order chi connectivity index (χ1) is 15.5. The van der Waals surface area contributed by atoms with Crippen molar-refractivity contribution in [2.75, 3.05) is 19.0 Å². The van der Waals surface area contributed by atoms with E-state index in [4.69, 9.17) is 4.74 Å². The molecular weight excluding hydrogens is 408 g/mol. The number of amides is 2. The lowest BCUT2D eigenvalue weighted by atomic mass is 9.74. The number of benzene rings is 2. The first-order valence-electron chi connectivity index (χ1n) is 10.3. The molecule has 0 saturated carbocycles. The molecule has 1 saturated heterocycles. The van der Waals surface area contributed by atoms with Crippen molar-refractivity contribution in [2.45, 2.75) is 17.9 Å². The Bertz CT molecular complexity index is 1250. The maximum absolute atomic E-state index is 13.7. The molecule has 0 aliphatic carbocycles. The second-order valence-corrected chi connectivity index (χ2v) is 8.09. The van der Waals surface area contributed by atoms with Crippen molar-refractivity contribution >= 4 is 23.5 Å². The minimum absolute atomic E-state index is 0.134. The van der Waals surface area contributed by atoms with Gasteiger partial charge in [0, 0.05) is 37.2 Å². The lowest BCUT2D eigenvalue weighted by molar-refractivity contribution is -0.121. The van der Waals surface area contributed by atoms with Crippen LogP contribution in [0.4, 0.5) is 5.69 Å². The van der Waals surface area contributed by atoms with Gasteiger partial charge in [-0.15, -0.1) is 0 Å². The van der Waals surface area contributed by atoms with Crippen LogP contribution in [0.3, 0.4) is 0 Å². The maximum atomic E-state index is 13.7. The fourth-order valence-electron chi connectivity index (χ4n) is 4.97. The molecule has 2 aromatic carbocycles. The lowest BCUT2D eigenvalue weighted by Gasteiger charge is -2.33. The van der Waals surface area contributed by atoms with Gasteiger partial charge in [0.25, 0.3) is 5.91 Å². The van der Waals surface area contributed by atoms with Gasteiger partial charge >= 0.3 is 5.97 Å². The first-order valence-corrected chi connectivity index (χ1v) is 10.3. The monoisotopic (exact) mass is 430 g/mol. The van der Waals surface area contributed by atoms with Gasteiger partial charge in [0.05, 0.1) is 12.7 Å². The second kappa shape index (κ2) is 7.33. The molecule has 8 nitrogen and oxygen atoms in total. The molecule has 162 valence electrons. The van der Waals surface area contributed by atoms with Crippen LogP contribution in [-0.2, 0) is 22.0 Å². The number of esters is 1. The molecule has 1 aromatic heterocycles. The molecule has 1 spiro atoms. The van der Waals surface area contributed by atoms with Gasteiger partial charge in [-0.3, -0.25) is 9.59 Å². The smallest absolute Gasteiger partial charge is 0.337 e. The molecule has 0 unspecified atom stereocenters. The number of hydrogen-bond donors (Lipinski definition) is 1. The quantitative estimate of drug-likeness (QED) is 0.645. The van der Waals surface area contributed by atoms with Crippen LogP contribution in [-0.4, -0.2) is 45.9 Å². The molecule has 0 radical (unpaired) electrons. The summed E-state index contributed by atoms with van der Waals surface area (Å²) in [7, 11) is 3.15. The summed E-state index contributed by atoms with van der Waals surface area (Å²) in [5.41, 5.74) is 1.35. The summed E-state index contributed by atoms with van der Waals surface area (Å²) >= 11 is 0. The fourth-order valence-corrected chi connectivity index (χ4v) is 4.97. The third-order valence-electron chi connectivity index (χ3n) is 6.48. The predicted octanol–water partition coefficient (Wildman–Crippen LogP) is 2.68. The minimum Gasteiger partial charge on any atom is -0.465 e. The Kier molecular flexibility index (Phi) is 4.58. The number of methoxy groups -OCH3 is 1. The van der Waals surface area contributed by atoms with Crippen LogP contribution >= 0.6 is 0 Å². The first kappa shape index (κ1) is 20.0. The van der Waals surface area contributed by atoms with Crippen LogP contribution in [0.5, 0.6) is 0 Å². The van der Waals surface area contributed by atoms with E-state index >= 15 is 0 Å². The summed E-state index contributed by atoms with van der Waals surface area (Å²) in [5, 5.41) is 3.00. The molecular formula is C24H22N4O4. The summed E-state index contributed by atoms with van der Waals surface area (Å²) in [6, 6.07) is 13.4. The largest absolute Gasteiger partial charge is 0.465 e. The van der Waals surface area contributed by atoms with E-state index in [9.17, 15) is 14.4 Å². The molecule has 2 amide bonds. The fraction of sp³-hybridized carbons (Fsp3) is 0.250. The molecule has 1 fully saturated rings. The number of nitrogens with zero attached hydrogens (tertiary/aromatic N) is 3. The number of imidazole rings is 1. The van der Waals surface area contributed by atoms with Crippen molar-refractivity contribution in [3.63, 3.8) is 0 Å². The number of carbonyl (C=O) groups excluding carboxylic acids is 3. The molecule has 5 rings (SSSR count). The van der Waals surface area contributed by atoms with Gasteiger partial charge in [-0.25, -0.2) is 9.78 Å². The van der Waals surface area contributed by atoms with Crippen LogP contribution in [0, 0.1) is 0 Å². The molecule has 1 N–H and O–H groups in total. The zero-order chi connectivity index (χ0) is 22.5. The van der Waals surface area contributed by atoms with E-state index in [-0.39, 0.29) is 11.8 Å². The summed E-state index contributed by atoms with van der Waals surface area (Å²) in [6.07, 6.45) is 3.94. The van der Waals surface area contributed by atoms with Gasteiger partial charge in [0.1, 0.15) is 17.3 Å². The summed E-state index contributed by atoms with van der Waals surface area (Å²) in [6.45, 7) is 0.376. The summed E-state index contributed by atoms with van der Waals surface area (Å²) in [4.78, 5) is 45.3. The molecule has 8 heteroatoms. The van der Waals surface area contributed by atoms with Gasteiger partial charge < -0.3 is 19.5 Å². The number of aromatic nitrogens is 2. The van der Waals surface area contributed by atoms with Gasteiger partial charge in [-0.1, -0.05) is 24.3 Å². The predicted molar refractivity (Wildman–Crippen MR) is 116 cm³/mol. The van der Waals surface area contributed by atoms with Gasteiger partial charge in [-0.2, -0.15) is 0 Å². The SMILES string of the molecule is COC(=O)c1cccc(C(=O)N2CC[C@]3(C(=O)Nc4ccccc43)[C@@H]2c2nccn2C)c1. The van der Waals surface area contributed by atoms with E-state index in [1.807, 2.05) is 35.9 Å². The highest BCUT2D eigenvalue weighted by atomic mass is 16.5. The number of hydrogen-bond acceptors (Lipinski definition) is 5. The zero-order valence-electron chi connectivity index (χ0n) is 17.7. The molecule has 3 aromatic rings. The number of carbonyl (C=O) groups is 3. The van der Waals surface area contributed by atoms with Crippen molar-refractivity contribution in [3.05, 3.63) is 83.4 Å². The van der Waals surface area contributed by atoms with Crippen LogP contribution in [0.2, 0.25) is 0 Å². The topological polar surface area (TPSA) is 93.5 Å². The van der Waals surface area contributed by atoms with Crippen LogP contribution in [0.1, 0.15) is 44.6 Å². The summed E-state index contributed by atoms with van der Waals surface area (Å²) in [5.74, 6) is -0.280. The van der Waals surface area contributed by atoms with E-state index < -0.39 is 17.4 Å². The van der Waals surface area contributed by atoms with E-state index in [1.54, 1.807) is 35.5 Å². The number of nitrogens with one attached hydrogen (secondary N) is 1. The number of fused-ring (bicyclic) bond motifs is 2. The maximum Gasteiger partial charge on any atom is 0.337 e.